The van der Waals surface area contributed by atoms with E-state index < -0.39 is 0 Å². The van der Waals surface area contributed by atoms with E-state index in [2.05, 4.69) is 4.90 Å². The van der Waals surface area contributed by atoms with Crippen molar-refractivity contribution in [1.82, 2.24) is 4.90 Å². The second-order valence-corrected chi connectivity index (χ2v) is 5.40. The molecule has 2 heterocycles. The average molecular weight is 313 g/mol. The minimum atomic E-state index is 0.112. The molecule has 2 aromatic rings. The van der Waals surface area contributed by atoms with E-state index in [1.165, 1.54) is 0 Å². The summed E-state index contributed by atoms with van der Waals surface area (Å²) in [5.74, 6) is 0.845. The topological polar surface area (TPSA) is 64.0 Å². The summed E-state index contributed by atoms with van der Waals surface area (Å²) in [6, 6.07) is 17.6. The lowest BCUT2D eigenvalue weighted by Crippen LogP contribution is -2.22. The Balaban J connectivity index is 2.10. The van der Waals surface area contributed by atoms with E-state index in [4.69, 9.17) is 4.42 Å². The molecular weight excluding hydrogens is 298 g/mol. The Morgan fingerprint density at radius 1 is 1.04 bits per heavy atom. The second-order valence-electron chi connectivity index (χ2n) is 5.40. The molecule has 4 heteroatoms. The SMILES string of the molecule is CC1=CC(=C(C#N)C#N)C=C(c2ccccc2)N1Cc1ccco1. The van der Waals surface area contributed by atoms with Crippen molar-refractivity contribution in [2.45, 2.75) is 13.5 Å². The van der Waals surface area contributed by atoms with Gasteiger partial charge < -0.3 is 9.32 Å². The number of rotatable bonds is 3. The Labute approximate surface area is 140 Å². The highest BCUT2D eigenvalue weighted by atomic mass is 16.3. The van der Waals surface area contributed by atoms with Crippen LogP contribution in [0.2, 0.25) is 0 Å². The molecule has 24 heavy (non-hydrogen) atoms. The van der Waals surface area contributed by atoms with E-state index in [-0.39, 0.29) is 5.57 Å². The van der Waals surface area contributed by atoms with E-state index in [0.717, 1.165) is 22.7 Å². The van der Waals surface area contributed by atoms with E-state index in [9.17, 15) is 10.5 Å². The van der Waals surface area contributed by atoms with Crippen molar-refractivity contribution in [2.75, 3.05) is 0 Å². The van der Waals surface area contributed by atoms with Gasteiger partial charge >= 0.3 is 0 Å². The van der Waals surface area contributed by atoms with Crippen LogP contribution in [0.3, 0.4) is 0 Å². The smallest absolute Gasteiger partial charge is 0.137 e. The fraction of sp³-hybridized carbons (Fsp3) is 0.100. The minimum Gasteiger partial charge on any atom is -0.467 e. The Bertz CT molecular complexity index is 888. The number of nitriles is 2. The number of hydrogen-bond donors (Lipinski definition) is 0. The molecule has 0 aliphatic carbocycles. The molecule has 1 aliphatic rings. The summed E-state index contributed by atoms with van der Waals surface area (Å²) >= 11 is 0. The Kier molecular flexibility index (Phi) is 4.32. The first-order valence-corrected chi connectivity index (χ1v) is 7.52. The highest BCUT2D eigenvalue weighted by Crippen LogP contribution is 2.32. The maximum absolute atomic E-state index is 9.18. The first-order chi connectivity index (χ1) is 11.7. The molecule has 0 radical (unpaired) electrons. The van der Waals surface area contributed by atoms with Gasteiger partial charge in [0.1, 0.15) is 23.5 Å². The maximum Gasteiger partial charge on any atom is 0.137 e. The normalized spacial score (nSPS) is 13.6. The number of hydrogen-bond acceptors (Lipinski definition) is 4. The minimum absolute atomic E-state index is 0.112. The van der Waals surface area contributed by atoms with Crippen LogP contribution in [0.4, 0.5) is 0 Å². The van der Waals surface area contributed by atoms with Crippen LogP contribution in [0.15, 0.2) is 82.1 Å². The molecule has 0 fully saturated rings. The van der Waals surface area contributed by atoms with Gasteiger partial charge in [0.15, 0.2) is 0 Å². The van der Waals surface area contributed by atoms with Crippen LogP contribution >= 0.6 is 0 Å². The van der Waals surface area contributed by atoms with Gasteiger partial charge in [-0.15, -0.1) is 0 Å². The largest absolute Gasteiger partial charge is 0.467 e. The zero-order valence-electron chi connectivity index (χ0n) is 13.2. The zero-order chi connectivity index (χ0) is 16.9. The monoisotopic (exact) mass is 313 g/mol. The van der Waals surface area contributed by atoms with Gasteiger partial charge in [0.05, 0.1) is 12.8 Å². The van der Waals surface area contributed by atoms with Gasteiger partial charge in [0.25, 0.3) is 0 Å². The summed E-state index contributed by atoms with van der Waals surface area (Å²) in [7, 11) is 0. The third kappa shape index (κ3) is 2.99. The molecule has 0 spiro atoms. The molecule has 1 aromatic heterocycles. The van der Waals surface area contributed by atoms with Crippen LogP contribution in [0.5, 0.6) is 0 Å². The molecule has 3 rings (SSSR count). The van der Waals surface area contributed by atoms with Gasteiger partial charge in [-0.1, -0.05) is 30.3 Å². The van der Waals surface area contributed by atoms with Gasteiger partial charge in [-0.05, 0) is 36.8 Å². The van der Waals surface area contributed by atoms with Crippen LogP contribution in [0, 0.1) is 22.7 Å². The number of furan rings is 1. The van der Waals surface area contributed by atoms with Crippen molar-refractivity contribution in [3.63, 3.8) is 0 Å². The molecule has 0 unspecified atom stereocenters. The number of benzene rings is 1. The lowest BCUT2D eigenvalue weighted by Gasteiger charge is -2.31. The Morgan fingerprint density at radius 3 is 2.42 bits per heavy atom. The van der Waals surface area contributed by atoms with Gasteiger partial charge in [-0.2, -0.15) is 10.5 Å². The Hall–Kier alpha value is -3.50. The quantitative estimate of drug-likeness (QED) is 0.789. The second kappa shape index (κ2) is 6.73. The molecule has 1 aromatic carbocycles. The fourth-order valence-electron chi connectivity index (χ4n) is 2.67. The van der Waals surface area contributed by atoms with E-state index in [1.54, 1.807) is 6.26 Å². The maximum atomic E-state index is 9.18. The van der Waals surface area contributed by atoms with E-state index in [1.807, 2.05) is 73.7 Å². The number of allylic oxidation sites excluding steroid dienone is 5. The predicted molar refractivity (Wildman–Crippen MR) is 90.7 cm³/mol. The van der Waals surface area contributed by atoms with Crippen LogP contribution in [0.25, 0.3) is 5.70 Å². The van der Waals surface area contributed by atoms with Crippen LogP contribution in [-0.4, -0.2) is 4.90 Å². The summed E-state index contributed by atoms with van der Waals surface area (Å²) in [6.45, 7) is 2.54. The highest BCUT2D eigenvalue weighted by Gasteiger charge is 2.21. The van der Waals surface area contributed by atoms with Crippen LogP contribution < -0.4 is 0 Å². The molecule has 116 valence electrons. The molecule has 1 aliphatic heterocycles. The third-order valence-corrected chi connectivity index (χ3v) is 3.85. The third-order valence-electron chi connectivity index (χ3n) is 3.85. The fourth-order valence-corrected chi connectivity index (χ4v) is 2.67. The van der Waals surface area contributed by atoms with Gasteiger partial charge in [0.2, 0.25) is 0 Å². The summed E-state index contributed by atoms with van der Waals surface area (Å²) < 4.78 is 5.47. The molecule has 0 amide bonds. The highest BCUT2D eigenvalue weighted by molar-refractivity contribution is 5.73. The molecule has 4 nitrogen and oxygen atoms in total. The summed E-state index contributed by atoms with van der Waals surface area (Å²) in [5.41, 5.74) is 3.65. The molecule has 0 bridgehead atoms. The first-order valence-electron chi connectivity index (χ1n) is 7.52. The Morgan fingerprint density at radius 2 is 1.79 bits per heavy atom. The lowest BCUT2D eigenvalue weighted by molar-refractivity contribution is 0.400. The van der Waals surface area contributed by atoms with E-state index in [0.29, 0.717) is 12.1 Å². The molecule has 0 N–H and O–H groups in total. The van der Waals surface area contributed by atoms with Crippen molar-refractivity contribution in [1.29, 1.82) is 10.5 Å². The van der Waals surface area contributed by atoms with Gasteiger partial charge in [-0.25, -0.2) is 0 Å². The summed E-state index contributed by atoms with van der Waals surface area (Å²) in [6.07, 6.45) is 5.39. The predicted octanol–water partition coefficient (Wildman–Crippen LogP) is 4.38. The number of nitrogens with zero attached hydrogens (tertiary/aromatic N) is 3. The molecule has 0 saturated carbocycles. The van der Waals surface area contributed by atoms with Crippen molar-refractivity contribution in [3.8, 4) is 12.1 Å². The van der Waals surface area contributed by atoms with Crippen molar-refractivity contribution in [2.24, 2.45) is 0 Å². The average Bonchev–Trinajstić information content (AvgIpc) is 3.12. The summed E-state index contributed by atoms with van der Waals surface area (Å²) in [4.78, 5) is 2.12. The van der Waals surface area contributed by atoms with Crippen molar-refractivity contribution < 1.29 is 4.42 Å². The van der Waals surface area contributed by atoms with Crippen LogP contribution in [0.1, 0.15) is 18.2 Å². The molecular formula is C20H15N3O. The van der Waals surface area contributed by atoms with Crippen molar-refractivity contribution >= 4 is 5.70 Å². The zero-order valence-corrected chi connectivity index (χ0v) is 13.2. The van der Waals surface area contributed by atoms with Gasteiger partial charge in [0, 0.05) is 17.0 Å². The van der Waals surface area contributed by atoms with E-state index >= 15 is 0 Å². The first kappa shape index (κ1) is 15.4. The standard InChI is InChI=1S/C20H15N3O/c1-15-10-17(18(12-21)13-22)11-20(16-6-3-2-4-7-16)23(15)14-19-8-5-9-24-19/h2-11H,14H2,1H3. The van der Waals surface area contributed by atoms with Crippen LogP contribution in [-0.2, 0) is 6.54 Å². The lowest BCUT2D eigenvalue weighted by atomic mass is 9.99. The summed E-state index contributed by atoms with van der Waals surface area (Å²) in [5, 5.41) is 18.4. The molecule has 0 atom stereocenters. The van der Waals surface area contributed by atoms with Gasteiger partial charge in [-0.3, -0.25) is 0 Å². The molecule has 0 saturated heterocycles. The van der Waals surface area contributed by atoms with Crippen molar-refractivity contribution in [3.05, 3.63) is 89.0 Å².